The lowest BCUT2D eigenvalue weighted by molar-refractivity contribution is -0.131. The van der Waals surface area contributed by atoms with E-state index < -0.39 is 43.3 Å². The highest BCUT2D eigenvalue weighted by Gasteiger charge is 2.47. The van der Waals surface area contributed by atoms with Gasteiger partial charge in [-0.3, -0.25) is 9.59 Å². The number of likely N-dealkylation sites (tertiary alicyclic amines) is 1. The molecule has 1 saturated heterocycles. The number of amides is 2. The zero-order chi connectivity index (χ0) is 21.2. The Morgan fingerprint density at radius 3 is 2.83 bits per heavy atom. The molecule has 2 heterocycles. The molecule has 1 unspecified atom stereocenters. The molecule has 1 fully saturated rings. The Labute approximate surface area is 179 Å². The van der Waals surface area contributed by atoms with Gasteiger partial charge in [0.2, 0.25) is 5.91 Å². The maximum Gasteiger partial charge on any atom is 0.271 e. The zero-order valence-electron chi connectivity index (χ0n) is 14.8. The number of nitrogens with zero attached hydrogens (tertiary/aromatic N) is 3. The van der Waals surface area contributed by atoms with Gasteiger partial charge in [0.25, 0.3) is 11.8 Å². The molecule has 1 aliphatic rings. The normalized spacial score (nSPS) is 17.8. The number of hydrogen-bond donors (Lipinski definition) is 1. The average Bonchev–Trinajstić information content (AvgIpc) is 3.26. The van der Waals surface area contributed by atoms with Gasteiger partial charge in [0, 0.05) is 18.2 Å². The van der Waals surface area contributed by atoms with Gasteiger partial charge >= 0.3 is 0 Å². The van der Waals surface area contributed by atoms with E-state index in [-0.39, 0.29) is 5.69 Å². The second kappa shape index (κ2) is 8.61. The van der Waals surface area contributed by atoms with Crippen LogP contribution in [-0.4, -0.2) is 46.8 Å². The van der Waals surface area contributed by atoms with Crippen LogP contribution in [0.1, 0.15) is 27.5 Å². The molecule has 0 radical (unpaired) electrons. The summed E-state index contributed by atoms with van der Waals surface area (Å²) in [6.45, 7) is -1.32. The van der Waals surface area contributed by atoms with Crippen molar-refractivity contribution in [2.45, 2.75) is 24.8 Å². The Kier molecular flexibility index (Phi) is 6.36. The molecule has 1 atom stereocenters. The molecule has 0 saturated carbocycles. The number of nitrogens with one attached hydrogen (secondary N) is 1. The van der Waals surface area contributed by atoms with Gasteiger partial charge in [0.1, 0.15) is 11.7 Å². The van der Waals surface area contributed by atoms with Gasteiger partial charge in [-0.05, 0) is 17.7 Å². The van der Waals surface area contributed by atoms with E-state index in [9.17, 15) is 18.4 Å². The second-order valence-corrected chi connectivity index (χ2v) is 8.22. The van der Waals surface area contributed by atoms with Gasteiger partial charge in [-0.2, -0.15) is 5.26 Å². The average molecular weight is 459 g/mol. The number of carbonyl (C=O) groups excluding carboxylic acids is 2. The number of benzene rings is 1. The Hall–Kier alpha value is -2.28. The molecule has 152 valence electrons. The van der Waals surface area contributed by atoms with Crippen LogP contribution >= 0.6 is 34.5 Å². The van der Waals surface area contributed by atoms with Crippen molar-refractivity contribution in [3.8, 4) is 6.07 Å². The van der Waals surface area contributed by atoms with Crippen molar-refractivity contribution < 1.29 is 18.4 Å². The van der Waals surface area contributed by atoms with Crippen molar-refractivity contribution in [2.24, 2.45) is 0 Å². The standard InChI is InChI=1S/C18H14Cl2F2N4O2S/c19-12-2-1-10(3-13(12)20)4-15-25-14(8-29-15)17(28)24-7-16(27)26-9-18(21,22)5-11(26)6-23/h1-3,8,11H,4-5,7,9H2,(H,24,28). The maximum atomic E-state index is 13.4. The Morgan fingerprint density at radius 1 is 1.38 bits per heavy atom. The molecule has 11 heteroatoms. The van der Waals surface area contributed by atoms with E-state index >= 15 is 0 Å². The van der Waals surface area contributed by atoms with Crippen molar-refractivity contribution in [1.82, 2.24) is 15.2 Å². The minimum atomic E-state index is -3.10. The molecule has 0 aliphatic carbocycles. The number of halogens is 4. The van der Waals surface area contributed by atoms with Crippen LogP contribution in [0.25, 0.3) is 0 Å². The lowest BCUT2D eigenvalue weighted by Crippen LogP contribution is -2.43. The van der Waals surface area contributed by atoms with Gasteiger partial charge in [-0.1, -0.05) is 29.3 Å². The Balaban J connectivity index is 1.57. The molecular weight excluding hydrogens is 445 g/mol. The number of nitriles is 1. The monoisotopic (exact) mass is 458 g/mol. The molecule has 1 aliphatic heterocycles. The van der Waals surface area contributed by atoms with E-state index in [1.54, 1.807) is 24.3 Å². The number of rotatable bonds is 5. The third-order valence-corrected chi connectivity index (χ3v) is 5.85. The lowest BCUT2D eigenvalue weighted by Gasteiger charge is -2.19. The molecule has 1 aromatic carbocycles. The molecule has 6 nitrogen and oxygen atoms in total. The highest BCUT2D eigenvalue weighted by Crippen LogP contribution is 2.31. The summed E-state index contributed by atoms with van der Waals surface area (Å²) in [6, 6.07) is 5.66. The predicted molar refractivity (Wildman–Crippen MR) is 104 cm³/mol. The molecule has 1 N–H and O–H groups in total. The zero-order valence-corrected chi connectivity index (χ0v) is 17.1. The van der Waals surface area contributed by atoms with Crippen LogP contribution in [0.3, 0.4) is 0 Å². The summed E-state index contributed by atoms with van der Waals surface area (Å²) in [4.78, 5) is 29.4. The Bertz CT molecular complexity index is 992. The number of aromatic nitrogens is 1. The first-order valence-corrected chi connectivity index (χ1v) is 10.1. The summed E-state index contributed by atoms with van der Waals surface area (Å²) in [5, 5.41) is 14.4. The first-order valence-electron chi connectivity index (χ1n) is 8.42. The second-order valence-electron chi connectivity index (χ2n) is 6.46. The van der Waals surface area contributed by atoms with E-state index in [4.69, 9.17) is 28.5 Å². The summed E-state index contributed by atoms with van der Waals surface area (Å²) < 4.78 is 26.9. The quantitative estimate of drug-likeness (QED) is 0.742. The highest BCUT2D eigenvalue weighted by molar-refractivity contribution is 7.09. The SMILES string of the molecule is N#CC1CC(F)(F)CN1C(=O)CNC(=O)c1csc(Cc2ccc(Cl)c(Cl)c2)n1. The van der Waals surface area contributed by atoms with Crippen LogP contribution in [0.2, 0.25) is 10.0 Å². The summed E-state index contributed by atoms with van der Waals surface area (Å²) in [7, 11) is 0. The number of hydrogen-bond acceptors (Lipinski definition) is 5. The molecular formula is C18H14Cl2F2N4O2S. The van der Waals surface area contributed by atoms with Crippen LogP contribution in [0.5, 0.6) is 0 Å². The first kappa shape index (κ1) is 21.4. The van der Waals surface area contributed by atoms with Crippen molar-refractivity contribution in [3.63, 3.8) is 0 Å². The smallest absolute Gasteiger partial charge is 0.271 e. The fraction of sp³-hybridized carbons (Fsp3) is 0.333. The highest BCUT2D eigenvalue weighted by atomic mass is 35.5. The van der Waals surface area contributed by atoms with E-state index in [2.05, 4.69) is 10.3 Å². The van der Waals surface area contributed by atoms with Crippen LogP contribution in [0.15, 0.2) is 23.6 Å². The minimum absolute atomic E-state index is 0.112. The molecule has 0 spiro atoms. The largest absolute Gasteiger partial charge is 0.342 e. The fourth-order valence-corrected chi connectivity index (χ4v) is 3.99. The van der Waals surface area contributed by atoms with Crippen LogP contribution < -0.4 is 5.32 Å². The topological polar surface area (TPSA) is 86.1 Å². The lowest BCUT2D eigenvalue weighted by atomic mass is 10.2. The number of thiazole rings is 1. The third kappa shape index (κ3) is 5.21. The van der Waals surface area contributed by atoms with E-state index in [1.165, 1.54) is 16.7 Å². The molecule has 29 heavy (non-hydrogen) atoms. The number of carbonyl (C=O) groups is 2. The van der Waals surface area contributed by atoms with Gasteiger partial charge < -0.3 is 10.2 Å². The maximum absolute atomic E-state index is 13.4. The summed E-state index contributed by atoms with van der Waals surface area (Å²) >= 11 is 13.1. The van der Waals surface area contributed by atoms with Gasteiger partial charge in [-0.15, -0.1) is 11.3 Å². The van der Waals surface area contributed by atoms with Gasteiger partial charge in [0.15, 0.2) is 0 Å². The van der Waals surface area contributed by atoms with Crippen molar-refractivity contribution in [2.75, 3.05) is 13.1 Å². The molecule has 2 amide bonds. The van der Waals surface area contributed by atoms with Crippen molar-refractivity contribution in [3.05, 3.63) is 49.9 Å². The molecule has 3 rings (SSSR count). The van der Waals surface area contributed by atoms with Crippen LogP contribution in [0.4, 0.5) is 8.78 Å². The summed E-state index contributed by atoms with van der Waals surface area (Å²) in [5.41, 5.74) is 0.981. The van der Waals surface area contributed by atoms with Crippen LogP contribution in [0, 0.1) is 11.3 Å². The van der Waals surface area contributed by atoms with E-state index in [0.717, 1.165) is 10.5 Å². The van der Waals surface area contributed by atoms with Gasteiger partial charge in [0.05, 0.1) is 34.2 Å². The fourth-order valence-electron chi connectivity index (χ4n) is 2.86. The first-order chi connectivity index (χ1) is 13.7. The molecule has 2 aromatic rings. The van der Waals surface area contributed by atoms with Crippen LogP contribution in [-0.2, 0) is 11.2 Å². The van der Waals surface area contributed by atoms with Crippen molar-refractivity contribution in [1.29, 1.82) is 5.26 Å². The molecule has 0 bridgehead atoms. The van der Waals surface area contributed by atoms with Gasteiger partial charge in [-0.25, -0.2) is 13.8 Å². The van der Waals surface area contributed by atoms with E-state index in [1.807, 2.05) is 0 Å². The Morgan fingerprint density at radius 2 is 2.14 bits per heavy atom. The predicted octanol–water partition coefficient (Wildman–Crippen LogP) is 3.53. The molecule has 1 aromatic heterocycles. The summed E-state index contributed by atoms with van der Waals surface area (Å²) in [6.07, 6.45) is -0.256. The van der Waals surface area contributed by atoms with E-state index in [0.29, 0.717) is 21.5 Å². The summed E-state index contributed by atoms with van der Waals surface area (Å²) in [5.74, 6) is -4.45. The van der Waals surface area contributed by atoms with Crippen molar-refractivity contribution >= 4 is 46.4 Å². The third-order valence-electron chi connectivity index (χ3n) is 4.26. The number of alkyl halides is 2. The minimum Gasteiger partial charge on any atom is -0.342 e.